The van der Waals surface area contributed by atoms with Crippen molar-refractivity contribution in [2.75, 3.05) is 23.3 Å². The molecule has 0 atom stereocenters. The first-order valence-electron chi connectivity index (χ1n) is 10.2. The van der Waals surface area contributed by atoms with Crippen molar-refractivity contribution >= 4 is 23.2 Å². The van der Waals surface area contributed by atoms with E-state index in [0.717, 1.165) is 29.8 Å². The molecule has 0 bridgehead atoms. The third kappa shape index (κ3) is 4.75. The lowest BCUT2D eigenvalue weighted by Crippen LogP contribution is -2.32. The van der Waals surface area contributed by atoms with Gasteiger partial charge in [0.2, 0.25) is 11.8 Å². The highest BCUT2D eigenvalue weighted by Crippen LogP contribution is 2.24. The molecule has 0 aromatic heterocycles. The zero-order chi connectivity index (χ0) is 20.8. The summed E-state index contributed by atoms with van der Waals surface area (Å²) >= 11 is 0. The Kier molecular flexibility index (Phi) is 6.20. The van der Waals surface area contributed by atoms with E-state index in [9.17, 15) is 9.59 Å². The van der Waals surface area contributed by atoms with E-state index in [1.54, 1.807) is 4.90 Å². The van der Waals surface area contributed by atoms with Crippen LogP contribution in [0, 0.1) is 0 Å². The number of nitrogens with zero attached hydrogens (tertiary/aromatic N) is 1. The van der Waals surface area contributed by atoms with Crippen molar-refractivity contribution < 1.29 is 9.59 Å². The molecule has 1 heterocycles. The zero-order valence-electron chi connectivity index (χ0n) is 16.8. The lowest BCUT2D eigenvalue weighted by molar-refractivity contribution is -0.117. The summed E-state index contributed by atoms with van der Waals surface area (Å²) in [4.78, 5) is 26.2. The van der Waals surface area contributed by atoms with Gasteiger partial charge >= 0.3 is 0 Å². The van der Waals surface area contributed by atoms with Crippen LogP contribution in [0.1, 0.15) is 30.0 Å². The summed E-state index contributed by atoms with van der Waals surface area (Å²) < 4.78 is 0. The Morgan fingerprint density at radius 2 is 1.47 bits per heavy atom. The summed E-state index contributed by atoms with van der Waals surface area (Å²) in [7, 11) is 0. The molecule has 3 aromatic rings. The number of amides is 2. The van der Waals surface area contributed by atoms with Crippen molar-refractivity contribution in [2.45, 2.75) is 18.9 Å². The molecule has 2 N–H and O–H groups in total. The van der Waals surface area contributed by atoms with E-state index in [0.29, 0.717) is 12.1 Å². The van der Waals surface area contributed by atoms with Crippen molar-refractivity contribution in [2.24, 2.45) is 0 Å². The van der Waals surface area contributed by atoms with Crippen LogP contribution in [0.25, 0.3) is 0 Å². The van der Waals surface area contributed by atoms with E-state index in [2.05, 4.69) is 34.9 Å². The van der Waals surface area contributed by atoms with Gasteiger partial charge in [0, 0.05) is 24.3 Å². The van der Waals surface area contributed by atoms with Gasteiger partial charge in [-0.2, -0.15) is 0 Å². The van der Waals surface area contributed by atoms with Crippen LogP contribution in [0.3, 0.4) is 0 Å². The van der Waals surface area contributed by atoms with Crippen LogP contribution in [0.15, 0.2) is 84.9 Å². The minimum absolute atomic E-state index is 0.0679. The van der Waals surface area contributed by atoms with Crippen molar-refractivity contribution in [1.29, 1.82) is 0 Å². The van der Waals surface area contributed by atoms with Gasteiger partial charge in [0.15, 0.2) is 0 Å². The minimum atomic E-state index is -0.114. The molecule has 1 saturated heterocycles. The first-order valence-corrected chi connectivity index (χ1v) is 10.2. The van der Waals surface area contributed by atoms with Crippen LogP contribution in [0.5, 0.6) is 0 Å². The maximum absolute atomic E-state index is 12.5. The number of anilines is 2. The average Bonchev–Trinajstić information content (AvgIpc) is 3.22. The molecule has 1 fully saturated rings. The first-order chi connectivity index (χ1) is 14.7. The molecule has 1 aliphatic heterocycles. The summed E-state index contributed by atoms with van der Waals surface area (Å²) in [5, 5.41) is 6.29. The SMILES string of the molecule is O=C(CNC(c1ccccc1)c1ccccc1)Nc1ccc(N2CCCC2=O)cc1. The smallest absolute Gasteiger partial charge is 0.238 e. The Hall–Kier alpha value is -3.44. The largest absolute Gasteiger partial charge is 0.325 e. The summed E-state index contributed by atoms with van der Waals surface area (Å²) in [5.74, 6) is 0.0423. The Bertz CT molecular complexity index is 948. The van der Waals surface area contributed by atoms with E-state index in [4.69, 9.17) is 0 Å². The fraction of sp³-hybridized carbons (Fsp3) is 0.200. The van der Waals surface area contributed by atoms with Gasteiger partial charge in [0.1, 0.15) is 0 Å². The Morgan fingerprint density at radius 1 is 0.867 bits per heavy atom. The third-order valence-electron chi connectivity index (χ3n) is 5.27. The minimum Gasteiger partial charge on any atom is -0.325 e. The second-order valence-electron chi connectivity index (χ2n) is 7.38. The van der Waals surface area contributed by atoms with Crippen LogP contribution < -0.4 is 15.5 Å². The Morgan fingerprint density at radius 3 is 2.00 bits per heavy atom. The fourth-order valence-electron chi connectivity index (χ4n) is 3.76. The highest BCUT2D eigenvalue weighted by Gasteiger charge is 2.21. The molecule has 3 aromatic carbocycles. The predicted octanol–water partition coefficient (Wildman–Crippen LogP) is 4.13. The molecule has 4 rings (SSSR count). The molecule has 30 heavy (non-hydrogen) atoms. The molecule has 2 amide bonds. The van der Waals surface area contributed by atoms with Crippen LogP contribution in [0.2, 0.25) is 0 Å². The third-order valence-corrected chi connectivity index (χ3v) is 5.27. The molecular weight excluding hydrogens is 374 g/mol. The molecule has 1 aliphatic rings. The number of nitrogens with one attached hydrogen (secondary N) is 2. The molecular formula is C25H25N3O2. The van der Waals surface area contributed by atoms with Crippen LogP contribution in [0.4, 0.5) is 11.4 Å². The topological polar surface area (TPSA) is 61.4 Å². The van der Waals surface area contributed by atoms with Gasteiger partial charge < -0.3 is 10.2 Å². The fourth-order valence-corrected chi connectivity index (χ4v) is 3.76. The number of benzene rings is 3. The standard InChI is InChI=1S/C25H25N3O2/c29-23(27-21-13-15-22(16-14-21)28-17-7-12-24(28)30)18-26-25(19-8-3-1-4-9-19)20-10-5-2-6-11-20/h1-6,8-11,13-16,25-26H,7,12,17-18H2,(H,27,29). The van der Waals surface area contributed by atoms with Gasteiger partial charge in [-0.15, -0.1) is 0 Å². The average molecular weight is 399 g/mol. The molecule has 0 radical (unpaired) electrons. The maximum Gasteiger partial charge on any atom is 0.238 e. The number of rotatable bonds is 7. The van der Waals surface area contributed by atoms with E-state index >= 15 is 0 Å². The van der Waals surface area contributed by atoms with Gasteiger partial charge in [-0.25, -0.2) is 0 Å². The Labute approximate surface area is 176 Å². The lowest BCUT2D eigenvalue weighted by atomic mass is 9.99. The van der Waals surface area contributed by atoms with Gasteiger partial charge in [-0.1, -0.05) is 60.7 Å². The molecule has 5 heteroatoms. The van der Waals surface area contributed by atoms with Gasteiger partial charge in [0.05, 0.1) is 12.6 Å². The molecule has 0 saturated carbocycles. The second kappa shape index (κ2) is 9.37. The summed E-state index contributed by atoms with van der Waals surface area (Å²) in [6, 6.07) is 27.6. The normalized spacial score (nSPS) is 13.6. The Balaban J connectivity index is 1.38. The van der Waals surface area contributed by atoms with Gasteiger partial charge in [-0.3, -0.25) is 14.9 Å². The van der Waals surface area contributed by atoms with Gasteiger partial charge in [-0.05, 0) is 41.8 Å². The van der Waals surface area contributed by atoms with Gasteiger partial charge in [0.25, 0.3) is 0 Å². The quantitative estimate of drug-likeness (QED) is 0.628. The van der Waals surface area contributed by atoms with Crippen molar-refractivity contribution in [3.63, 3.8) is 0 Å². The summed E-state index contributed by atoms with van der Waals surface area (Å²) in [5.41, 5.74) is 3.81. The number of carbonyl (C=O) groups excluding carboxylic acids is 2. The second-order valence-corrected chi connectivity index (χ2v) is 7.38. The molecule has 0 unspecified atom stereocenters. The molecule has 5 nitrogen and oxygen atoms in total. The molecule has 0 spiro atoms. The van der Waals surface area contributed by atoms with E-state index in [1.165, 1.54) is 0 Å². The number of hydrogen-bond donors (Lipinski definition) is 2. The lowest BCUT2D eigenvalue weighted by Gasteiger charge is -2.20. The van der Waals surface area contributed by atoms with Crippen LogP contribution in [-0.4, -0.2) is 24.9 Å². The number of carbonyl (C=O) groups is 2. The predicted molar refractivity (Wildman–Crippen MR) is 119 cm³/mol. The molecule has 152 valence electrons. The molecule has 0 aliphatic carbocycles. The van der Waals surface area contributed by atoms with E-state index < -0.39 is 0 Å². The van der Waals surface area contributed by atoms with Crippen LogP contribution in [-0.2, 0) is 9.59 Å². The van der Waals surface area contributed by atoms with Crippen molar-refractivity contribution in [1.82, 2.24) is 5.32 Å². The highest BCUT2D eigenvalue weighted by molar-refractivity contribution is 5.96. The van der Waals surface area contributed by atoms with Crippen molar-refractivity contribution in [3.05, 3.63) is 96.1 Å². The zero-order valence-corrected chi connectivity index (χ0v) is 16.8. The monoisotopic (exact) mass is 399 g/mol. The van der Waals surface area contributed by atoms with E-state index in [-0.39, 0.29) is 24.4 Å². The summed E-state index contributed by atoms with van der Waals surface area (Å²) in [6.07, 6.45) is 1.50. The highest BCUT2D eigenvalue weighted by atomic mass is 16.2. The number of hydrogen-bond acceptors (Lipinski definition) is 3. The maximum atomic E-state index is 12.5. The van der Waals surface area contributed by atoms with Crippen LogP contribution >= 0.6 is 0 Å². The van der Waals surface area contributed by atoms with Crippen molar-refractivity contribution in [3.8, 4) is 0 Å². The van der Waals surface area contributed by atoms with E-state index in [1.807, 2.05) is 60.7 Å². The summed E-state index contributed by atoms with van der Waals surface area (Å²) in [6.45, 7) is 0.940. The first kappa shape index (κ1) is 19.9.